The summed E-state index contributed by atoms with van der Waals surface area (Å²) >= 11 is 0. The van der Waals surface area contributed by atoms with Crippen LogP contribution in [0.3, 0.4) is 0 Å². The number of rotatable bonds is 5. The van der Waals surface area contributed by atoms with Crippen LogP contribution < -0.4 is 61.6 Å². The van der Waals surface area contributed by atoms with Crippen molar-refractivity contribution < 1.29 is 69.1 Å². The van der Waals surface area contributed by atoms with Crippen LogP contribution in [0.1, 0.15) is 18.1 Å². The molecule has 6 heteroatoms. The van der Waals surface area contributed by atoms with E-state index in [9.17, 15) is 12.9 Å². The average molecular weight is 318 g/mol. The Bertz CT molecular complexity index is 570. The number of aryl methyl sites for hydroxylation is 1. The molecule has 0 N–H and O–H groups in total. The van der Waals surface area contributed by atoms with Crippen LogP contribution in [0.4, 0.5) is 12.9 Å². The third kappa shape index (κ3) is 5.79. The van der Waals surface area contributed by atoms with Crippen LogP contribution in [0.25, 0.3) is 0 Å². The third-order valence-electron chi connectivity index (χ3n) is 3.07. The second-order valence-corrected chi connectivity index (χ2v) is 4.61. The molecule has 0 aliphatic carbocycles. The maximum absolute atomic E-state index is 12.6. The molecule has 0 spiro atoms. The van der Waals surface area contributed by atoms with Crippen LogP contribution in [-0.2, 0) is 13.0 Å². The van der Waals surface area contributed by atoms with Crippen molar-refractivity contribution in [1.29, 1.82) is 0 Å². The van der Waals surface area contributed by atoms with E-state index in [4.69, 9.17) is 4.74 Å². The molecular weight excluding hydrogens is 303 g/mol. The van der Waals surface area contributed by atoms with Gasteiger partial charge in [0, 0.05) is 0 Å². The molecular formula is C15H15BF3KO. The molecule has 0 aliphatic heterocycles. The fourth-order valence-electron chi connectivity index (χ4n) is 1.85. The fourth-order valence-corrected chi connectivity index (χ4v) is 1.85. The fraction of sp³-hybridized carbons (Fsp3) is 0.200. The molecule has 1 nitrogen and oxygen atoms in total. The second-order valence-electron chi connectivity index (χ2n) is 4.61. The SMILES string of the molecule is CCc1ccc(COc2cccc([B-](F)(F)F)c2)cc1.[K+]. The van der Waals surface area contributed by atoms with Gasteiger partial charge in [0.05, 0.1) is 0 Å². The van der Waals surface area contributed by atoms with E-state index < -0.39 is 12.4 Å². The summed E-state index contributed by atoms with van der Waals surface area (Å²) in [5, 5.41) is 0. The van der Waals surface area contributed by atoms with Gasteiger partial charge in [-0.2, -0.15) is 0 Å². The number of halogens is 3. The van der Waals surface area contributed by atoms with Crippen molar-refractivity contribution in [2.45, 2.75) is 20.0 Å². The van der Waals surface area contributed by atoms with Crippen molar-refractivity contribution in [1.82, 2.24) is 0 Å². The Hall–Kier alpha value is -0.269. The Balaban J connectivity index is 0.00000220. The van der Waals surface area contributed by atoms with Crippen molar-refractivity contribution in [2.75, 3.05) is 0 Å². The molecule has 0 saturated carbocycles. The predicted octanol–water partition coefficient (Wildman–Crippen LogP) is 0.886. The minimum absolute atomic E-state index is 0. The Morgan fingerprint density at radius 3 is 2.14 bits per heavy atom. The molecule has 0 heterocycles. The van der Waals surface area contributed by atoms with E-state index in [2.05, 4.69) is 6.92 Å². The van der Waals surface area contributed by atoms with Gasteiger partial charge in [-0.25, -0.2) is 0 Å². The van der Waals surface area contributed by atoms with Gasteiger partial charge < -0.3 is 17.7 Å². The number of ether oxygens (including phenoxy) is 1. The average Bonchev–Trinajstić information content (AvgIpc) is 2.45. The number of hydrogen-bond acceptors (Lipinski definition) is 1. The zero-order valence-electron chi connectivity index (χ0n) is 12.2. The quantitative estimate of drug-likeness (QED) is 0.744. The van der Waals surface area contributed by atoms with Crippen LogP contribution in [0.5, 0.6) is 5.75 Å². The largest absolute Gasteiger partial charge is 1.00 e. The van der Waals surface area contributed by atoms with E-state index in [1.807, 2.05) is 24.3 Å². The molecule has 21 heavy (non-hydrogen) atoms. The van der Waals surface area contributed by atoms with Crippen LogP contribution in [0.2, 0.25) is 0 Å². The van der Waals surface area contributed by atoms with Crippen molar-refractivity contribution in [3.05, 3.63) is 59.7 Å². The molecule has 0 atom stereocenters. The molecule has 0 unspecified atom stereocenters. The van der Waals surface area contributed by atoms with Gasteiger partial charge in [0.25, 0.3) is 0 Å². The number of hydrogen-bond donors (Lipinski definition) is 0. The van der Waals surface area contributed by atoms with Crippen LogP contribution in [-0.4, -0.2) is 6.98 Å². The zero-order chi connectivity index (χ0) is 14.6. The summed E-state index contributed by atoms with van der Waals surface area (Å²) in [6, 6.07) is 12.8. The van der Waals surface area contributed by atoms with E-state index in [1.165, 1.54) is 17.7 Å². The second kappa shape index (κ2) is 8.39. The molecule has 0 aliphatic rings. The molecule has 0 amide bonds. The van der Waals surface area contributed by atoms with Gasteiger partial charge in [-0.15, -0.1) is 5.46 Å². The topological polar surface area (TPSA) is 9.23 Å². The first-order valence-electron chi connectivity index (χ1n) is 6.49. The summed E-state index contributed by atoms with van der Waals surface area (Å²) in [6.45, 7) is -2.66. The Morgan fingerprint density at radius 2 is 1.57 bits per heavy atom. The molecule has 0 radical (unpaired) electrons. The van der Waals surface area contributed by atoms with Crippen molar-refractivity contribution in [3.63, 3.8) is 0 Å². The Kier molecular flexibility index (Phi) is 7.50. The Labute approximate surface area is 165 Å². The van der Waals surface area contributed by atoms with Crippen LogP contribution >= 0.6 is 0 Å². The molecule has 2 aromatic carbocycles. The molecule has 0 saturated heterocycles. The molecule has 0 bridgehead atoms. The van der Waals surface area contributed by atoms with Gasteiger partial charge in [0.15, 0.2) is 0 Å². The standard InChI is InChI=1S/C15H15BF3O.K/c1-2-12-6-8-13(9-7-12)11-20-15-5-3-4-14(10-15)16(17,18)19;/h3-10H,2,11H2,1H3;/q-1;+1. The van der Waals surface area contributed by atoms with Gasteiger partial charge in [-0.05, 0) is 29.7 Å². The third-order valence-corrected chi connectivity index (χ3v) is 3.07. The molecule has 0 fully saturated rings. The summed E-state index contributed by atoms with van der Waals surface area (Å²) in [7, 11) is 0. The molecule has 0 aromatic heterocycles. The van der Waals surface area contributed by atoms with Gasteiger partial charge >= 0.3 is 58.4 Å². The van der Waals surface area contributed by atoms with E-state index in [0.29, 0.717) is 0 Å². The first kappa shape index (κ1) is 18.8. The summed E-state index contributed by atoms with van der Waals surface area (Å²) in [5.41, 5.74) is 1.52. The van der Waals surface area contributed by atoms with Crippen molar-refractivity contribution in [3.8, 4) is 5.75 Å². The van der Waals surface area contributed by atoms with Crippen molar-refractivity contribution >= 4 is 12.4 Å². The monoisotopic (exact) mass is 318 g/mol. The maximum Gasteiger partial charge on any atom is 1.00 e. The van der Waals surface area contributed by atoms with Gasteiger partial charge in [0.1, 0.15) is 12.4 Å². The van der Waals surface area contributed by atoms with Gasteiger partial charge in [-0.1, -0.05) is 43.3 Å². The van der Waals surface area contributed by atoms with E-state index >= 15 is 0 Å². The van der Waals surface area contributed by atoms with E-state index in [0.717, 1.165) is 24.1 Å². The number of benzene rings is 2. The smallest absolute Gasteiger partial charge is 0.489 e. The first-order valence-corrected chi connectivity index (χ1v) is 6.49. The summed E-state index contributed by atoms with van der Waals surface area (Å²) in [6.07, 6.45) is 0.955. The minimum Gasteiger partial charge on any atom is -0.489 e. The Morgan fingerprint density at radius 1 is 0.952 bits per heavy atom. The molecule has 2 rings (SSSR count). The summed E-state index contributed by atoms with van der Waals surface area (Å²) < 4.78 is 43.3. The minimum atomic E-state index is -4.98. The normalized spacial score (nSPS) is 10.9. The molecule has 2 aromatic rings. The molecule has 106 valence electrons. The van der Waals surface area contributed by atoms with E-state index in [1.54, 1.807) is 0 Å². The summed E-state index contributed by atoms with van der Waals surface area (Å²) in [5.74, 6) is 0.237. The van der Waals surface area contributed by atoms with E-state index in [-0.39, 0.29) is 63.7 Å². The summed E-state index contributed by atoms with van der Waals surface area (Å²) in [4.78, 5) is 0. The van der Waals surface area contributed by atoms with Gasteiger partial charge in [0.2, 0.25) is 0 Å². The first-order chi connectivity index (χ1) is 9.49. The van der Waals surface area contributed by atoms with Crippen LogP contribution in [0.15, 0.2) is 48.5 Å². The van der Waals surface area contributed by atoms with Crippen LogP contribution in [0, 0.1) is 0 Å². The predicted molar refractivity (Wildman–Crippen MR) is 75.3 cm³/mol. The maximum atomic E-state index is 12.6. The van der Waals surface area contributed by atoms with Crippen molar-refractivity contribution in [2.24, 2.45) is 0 Å². The van der Waals surface area contributed by atoms with Gasteiger partial charge in [-0.3, -0.25) is 0 Å². The zero-order valence-corrected chi connectivity index (χ0v) is 15.3.